The van der Waals surface area contributed by atoms with E-state index in [1.54, 1.807) is 0 Å². The van der Waals surface area contributed by atoms with Crippen molar-refractivity contribution < 1.29 is 18.3 Å². The molecular weight excluding hydrogens is 268 g/mol. The van der Waals surface area contributed by atoms with E-state index >= 15 is 0 Å². The van der Waals surface area contributed by atoms with Crippen LogP contribution < -0.4 is 4.72 Å². The molecule has 0 heterocycles. The second kappa shape index (κ2) is 9.28. The molecule has 114 valence electrons. The van der Waals surface area contributed by atoms with Crippen LogP contribution in [0.4, 0.5) is 0 Å². The minimum absolute atomic E-state index is 0.0133. The topological polar surface area (TPSA) is 86.7 Å². The van der Waals surface area contributed by atoms with Crippen molar-refractivity contribution in [1.82, 2.24) is 9.03 Å². The summed E-state index contributed by atoms with van der Waals surface area (Å²) in [6.07, 6.45) is 2.14. The summed E-state index contributed by atoms with van der Waals surface area (Å²) in [6, 6.07) is 0. The average molecular weight is 294 g/mol. The number of carbonyl (C=O) groups is 1. The molecule has 0 aliphatic rings. The third kappa shape index (κ3) is 7.49. The lowest BCUT2D eigenvalue weighted by atomic mass is 10.0. The van der Waals surface area contributed by atoms with Crippen molar-refractivity contribution in [3.8, 4) is 0 Å². The number of nitrogens with zero attached hydrogens (tertiary/aromatic N) is 1. The van der Waals surface area contributed by atoms with Gasteiger partial charge in [0.2, 0.25) is 0 Å². The molecule has 0 aromatic heterocycles. The summed E-state index contributed by atoms with van der Waals surface area (Å²) in [5, 5.41) is 8.73. The van der Waals surface area contributed by atoms with Crippen molar-refractivity contribution in [3.63, 3.8) is 0 Å². The van der Waals surface area contributed by atoms with Gasteiger partial charge in [-0.25, -0.2) is 4.72 Å². The number of carboxylic acids is 1. The van der Waals surface area contributed by atoms with E-state index in [0.717, 1.165) is 12.8 Å². The molecule has 0 spiro atoms. The fourth-order valence-corrected chi connectivity index (χ4v) is 3.25. The second-order valence-electron chi connectivity index (χ2n) is 4.62. The van der Waals surface area contributed by atoms with Crippen molar-refractivity contribution >= 4 is 16.2 Å². The minimum Gasteiger partial charge on any atom is -0.481 e. The van der Waals surface area contributed by atoms with Gasteiger partial charge < -0.3 is 5.11 Å². The molecule has 19 heavy (non-hydrogen) atoms. The van der Waals surface area contributed by atoms with Gasteiger partial charge in [-0.2, -0.15) is 12.7 Å². The SMILES string of the molecule is CCCN(CCC)S(=O)(=O)NCC(CC)CC(=O)O. The fraction of sp³-hybridized carbons (Fsp3) is 0.917. The fourth-order valence-electron chi connectivity index (χ4n) is 1.77. The van der Waals surface area contributed by atoms with E-state index < -0.39 is 16.2 Å². The Balaban J connectivity index is 4.51. The van der Waals surface area contributed by atoms with Gasteiger partial charge in [0.1, 0.15) is 0 Å². The Morgan fingerprint density at radius 3 is 2.11 bits per heavy atom. The number of aliphatic carboxylic acids is 1. The zero-order valence-electron chi connectivity index (χ0n) is 12.1. The number of nitrogens with one attached hydrogen (secondary N) is 1. The maximum atomic E-state index is 12.1. The standard InChI is InChI=1S/C12H26N2O4S/c1-4-7-14(8-5-2)19(17,18)13-10-11(6-3)9-12(15)16/h11,13H,4-10H2,1-3H3,(H,15,16). The molecule has 0 radical (unpaired) electrons. The molecule has 0 saturated heterocycles. The van der Waals surface area contributed by atoms with Crippen LogP contribution in [-0.2, 0) is 15.0 Å². The zero-order valence-corrected chi connectivity index (χ0v) is 12.9. The molecule has 1 unspecified atom stereocenters. The predicted molar refractivity (Wildman–Crippen MR) is 75.1 cm³/mol. The Bertz CT molecular complexity index is 351. The summed E-state index contributed by atoms with van der Waals surface area (Å²) in [6.45, 7) is 6.86. The highest BCUT2D eigenvalue weighted by Gasteiger charge is 2.21. The van der Waals surface area contributed by atoms with Crippen LogP contribution in [0.15, 0.2) is 0 Å². The van der Waals surface area contributed by atoms with Crippen LogP contribution in [0.2, 0.25) is 0 Å². The van der Waals surface area contributed by atoms with Gasteiger partial charge in [-0.1, -0.05) is 27.2 Å². The van der Waals surface area contributed by atoms with E-state index in [4.69, 9.17) is 5.11 Å². The van der Waals surface area contributed by atoms with Crippen molar-refractivity contribution in [2.24, 2.45) is 5.92 Å². The van der Waals surface area contributed by atoms with Crippen molar-refractivity contribution in [2.75, 3.05) is 19.6 Å². The first-order valence-electron chi connectivity index (χ1n) is 6.83. The molecule has 1 atom stereocenters. The maximum Gasteiger partial charge on any atom is 0.303 e. The van der Waals surface area contributed by atoms with E-state index in [1.807, 2.05) is 20.8 Å². The third-order valence-electron chi connectivity index (χ3n) is 2.88. The average Bonchev–Trinajstić information content (AvgIpc) is 2.33. The highest BCUT2D eigenvalue weighted by molar-refractivity contribution is 7.87. The normalized spacial score (nSPS) is 13.7. The third-order valence-corrected chi connectivity index (χ3v) is 4.46. The monoisotopic (exact) mass is 294 g/mol. The Morgan fingerprint density at radius 2 is 1.74 bits per heavy atom. The van der Waals surface area contributed by atoms with Crippen LogP contribution >= 0.6 is 0 Å². The van der Waals surface area contributed by atoms with Gasteiger partial charge in [0.05, 0.1) is 0 Å². The van der Waals surface area contributed by atoms with Crippen LogP contribution in [0, 0.1) is 5.92 Å². The van der Waals surface area contributed by atoms with Gasteiger partial charge in [-0.05, 0) is 18.8 Å². The highest BCUT2D eigenvalue weighted by atomic mass is 32.2. The van der Waals surface area contributed by atoms with Crippen LogP contribution in [0.5, 0.6) is 0 Å². The number of hydrogen-bond acceptors (Lipinski definition) is 3. The van der Waals surface area contributed by atoms with Gasteiger partial charge in [-0.15, -0.1) is 0 Å². The molecule has 0 aliphatic heterocycles. The first-order chi connectivity index (χ1) is 8.87. The molecule has 2 N–H and O–H groups in total. The molecule has 0 aromatic rings. The van der Waals surface area contributed by atoms with Gasteiger partial charge in [-0.3, -0.25) is 4.79 Å². The van der Waals surface area contributed by atoms with Crippen molar-refractivity contribution in [1.29, 1.82) is 0 Å². The molecule has 0 rings (SSSR count). The quantitative estimate of drug-likeness (QED) is 0.604. The smallest absolute Gasteiger partial charge is 0.303 e. The van der Waals surface area contributed by atoms with Gasteiger partial charge in [0.25, 0.3) is 10.2 Å². The molecule has 0 aromatic carbocycles. The van der Waals surface area contributed by atoms with E-state index in [2.05, 4.69) is 4.72 Å². The predicted octanol–water partition coefficient (Wildman–Crippen LogP) is 1.44. The Hall–Kier alpha value is -0.660. The molecule has 0 saturated carbocycles. The molecule has 7 heteroatoms. The van der Waals surface area contributed by atoms with E-state index in [0.29, 0.717) is 19.5 Å². The van der Waals surface area contributed by atoms with Crippen molar-refractivity contribution in [3.05, 3.63) is 0 Å². The van der Waals surface area contributed by atoms with Gasteiger partial charge in [0, 0.05) is 26.1 Å². The first kappa shape index (κ1) is 18.3. The Labute approximate surface area is 116 Å². The van der Waals surface area contributed by atoms with Crippen LogP contribution in [-0.4, -0.2) is 43.4 Å². The highest BCUT2D eigenvalue weighted by Crippen LogP contribution is 2.09. The van der Waals surface area contributed by atoms with E-state index in [-0.39, 0.29) is 18.9 Å². The van der Waals surface area contributed by atoms with Crippen molar-refractivity contribution in [2.45, 2.75) is 46.5 Å². The summed E-state index contributed by atoms with van der Waals surface area (Å²) in [4.78, 5) is 10.6. The molecule has 0 fully saturated rings. The van der Waals surface area contributed by atoms with E-state index in [1.165, 1.54) is 4.31 Å². The largest absolute Gasteiger partial charge is 0.481 e. The Morgan fingerprint density at radius 1 is 1.21 bits per heavy atom. The van der Waals surface area contributed by atoms with Crippen LogP contribution in [0.1, 0.15) is 46.5 Å². The lowest BCUT2D eigenvalue weighted by Crippen LogP contribution is -2.43. The van der Waals surface area contributed by atoms with Gasteiger partial charge in [0.15, 0.2) is 0 Å². The molecule has 6 nitrogen and oxygen atoms in total. The second-order valence-corrected chi connectivity index (χ2v) is 6.38. The molecule has 0 bridgehead atoms. The minimum atomic E-state index is -3.50. The molecule has 0 aliphatic carbocycles. The zero-order chi connectivity index (χ0) is 14.9. The molecule has 0 amide bonds. The van der Waals surface area contributed by atoms with Crippen LogP contribution in [0.25, 0.3) is 0 Å². The first-order valence-corrected chi connectivity index (χ1v) is 8.27. The number of rotatable bonds is 11. The summed E-state index contributed by atoms with van der Waals surface area (Å²) < 4.78 is 28.1. The lowest BCUT2D eigenvalue weighted by molar-refractivity contribution is -0.138. The Kier molecular flexibility index (Phi) is 8.95. The summed E-state index contributed by atoms with van der Waals surface area (Å²) in [7, 11) is -3.50. The number of carboxylic acid groups (broad SMARTS) is 1. The summed E-state index contributed by atoms with van der Waals surface area (Å²) in [5.74, 6) is -1.07. The molecular formula is C12H26N2O4S. The lowest BCUT2D eigenvalue weighted by Gasteiger charge is -2.22. The van der Waals surface area contributed by atoms with Gasteiger partial charge >= 0.3 is 5.97 Å². The van der Waals surface area contributed by atoms with Crippen LogP contribution in [0.3, 0.4) is 0 Å². The summed E-state index contributed by atoms with van der Waals surface area (Å²) >= 11 is 0. The van der Waals surface area contributed by atoms with E-state index in [9.17, 15) is 13.2 Å². The maximum absolute atomic E-state index is 12.1. The number of hydrogen-bond donors (Lipinski definition) is 2. The summed E-state index contributed by atoms with van der Waals surface area (Å²) in [5.41, 5.74) is 0.